The fourth-order valence-electron chi connectivity index (χ4n) is 4.80. The SMILES string of the molecule is C[C@@H](C(=O)NC[C@@H]1[C@@H]2CCc3ccccc3[C@@H]12)C1CCOCC1. The Morgan fingerprint density at radius 3 is 2.87 bits per heavy atom. The van der Waals surface area contributed by atoms with Gasteiger partial charge in [-0.1, -0.05) is 31.2 Å². The Labute approximate surface area is 138 Å². The van der Waals surface area contributed by atoms with E-state index >= 15 is 0 Å². The first-order chi connectivity index (χ1) is 11.3. The van der Waals surface area contributed by atoms with Crippen LogP contribution in [0.25, 0.3) is 0 Å². The molecule has 3 aliphatic rings. The van der Waals surface area contributed by atoms with E-state index in [0.29, 0.717) is 17.8 Å². The molecule has 1 aliphatic heterocycles. The maximum absolute atomic E-state index is 12.5. The van der Waals surface area contributed by atoms with E-state index in [2.05, 4.69) is 36.5 Å². The molecule has 2 fully saturated rings. The summed E-state index contributed by atoms with van der Waals surface area (Å²) in [5, 5.41) is 3.25. The Morgan fingerprint density at radius 2 is 2.04 bits per heavy atom. The maximum atomic E-state index is 12.5. The minimum absolute atomic E-state index is 0.118. The lowest BCUT2D eigenvalue weighted by atomic mass is 9.87. The van der Waals surface area contributed by atoms with Crippen molar-refractivity contribution in [3.8, 4) is 0 Å². The van der Waals surface area contributed by atoms with Crippen LogP contribution in [0.3, 0.4) is 0 Å². The lowest BCUT2D eigenvalue weighted by Crippen LogP contribution is -2.36. The third-order valence-corrected chi connectivity index (χ3v) is 6.39. The van der Waals surface area contributed by atoms with E-state index in [1.807, 2.05) is 0 Å². The summed E-state index contributed by atoms with van der Waals surface area (Å²) in [6, 6.07) is 8.86. The molecule has 0 spiro atoms. The Bertz CT molecular complexity index is 579. The van der Waals surface area contributed by atoms with E-state index < -0.39 is 0 Å². The van der Waals surface area contributed by atoms with Gasteiger partial charge in [0.2, 0.25) is 5.91 Å². The van der Waals surface area contributed by atoms with E-state index in [9.17, 15) is 4.79 Å². The fourth-order valence-corrected chi connectivity index (χ4v) is 4.80. The largest absolute Gasteiger partial charge is 0.381 e. The van der Waals surface area contributed by atoms with Gasteiger partial charge in [-0.3, -0.25) is 4.79 Å². The molecule has 4 rings (SSSR count). The Kier molecular flexibility index (Phi) is 4.14. The smallest absolute Gasteiger partial charge is 0.223 e. The van der Waals surface area contributed by atoms with Gasteiger partial charge in [0, 0.05) is 25.7 Å². The number of hydrogen-bond acceptors (Lipinski definition) is 2. The summed E-state index contributed by atoms with van der Waals surface area (Å²) in [7, 11) is 0. The van der Waals surface area contributed by atoms with Crippen LogP contribution in [0.5, 0.6) is 0 Å². The third kappa shape index (κ3) is 2.91. The first-order valence-corrected chi connectivity index (χ1v) is 9.19. The number of fused-ring (bicyclic) bond motifs is 3. The van der Waals surface area contributed by atoms with Crippen molar-refractivity contribution in [2.24, 2.45) is 23.7 Å². The van der Waals surface area contributed by atoms with E-state index in [1.165, 1.54) is 18.4 Å². The highest BCUT2D eigenvalue weighted by Gasteiger charge is 2.52. The predicted molar refractivity (Wildman–Crippen MR) is 90.2 cm³/mol. The predicted octanol–water partition coefficient (Wildman–Crippen LogP) is 3.14. The van der Waals surface area contributed by atoms with Crippen LogP contribution in [0.15, 0.2) is 24.3 Å². The van der Waals surface area contributed by atoms with Gasteiger partial charge in [0.1, 0.15) is 0 Å². The Hall–Kier alpha value is -1.35. The van der Waals surface area contributed by atoms with Crippen LogP contribution in [-0.4, -0.2) is 25.7 Å². The van der Waals surface area contributed by atoms with Crippen molar-refractivity contribution in [3.63, 3.8) is 0 Å². The summed E-state index contributed by atoms with van der Waals surface area (Å²) in [6.07, 6.45) is 4.55. The van der Waals surface area contributed by atoms with Gasteiger partial charge in [-0.15, -0.1) is 0 Å². The van der Waals surface area contributed by atoms with Crippen LogP contribution in [0.1, 0.15) is 43.2 Å². The molecule has 1 N–H and O–H groups in total. The molecule has 0 aromatic heterocycles. The number of rotatable bonds is 4. The average molecular weight is 313 g/mol. The first-order valence-electron chi connectivity index (χ1n) is 9.19. The molecule has 1 amide bonds. The second-order valence-electron chi connectivity index (χ2n) is 7.57. The highest BCUT2D eigenvalue weighted by molar-refractivity contribution is 5.78. The fraction of sp³-hybridized carbons (Fsp3) is 0.650. The lowest BCUT2D eigenvalue weighted by Gasteiger charge is -2.27. The standard InChI is InChI=1S/C20H27NO2/c1-13(14-8-10-23-11-9-14)20(22)21-12-18-17-7-6-15-4-2-3-5-16(15)19(17)18/h2-5,13-14,17-19H,6-12H2,1H3,(H,21,22)/t13-,17+,18-,19-/m1/s1. The number of hydrogen-bond donors (Lipinski definition) is 1. The molecule has 124 valence electrons. The van der Waals surface area contributed by atoms with Gasteiger partial charge in [0.05, 0.1) is 0 Å². The molecule has 0 bridgehead atoms. The van der Waals surface area contributed by atoms with Gasteiger partial charge in [-0.05, 0) is 60.5 Å². The number of carbonyl (C=O) groups excluding carboxylic acids is 1. The molecule has 1 heterocycles. The molecule has 3 heteroatoms. The maximum Gasteiger partial charge on any atom is 0.223 e. The van der Waals surface area contributed by atoms with Crippen molar-refractivity contribution < 1.29 is 9.53 Å². The minimum Gasteiger partial charge on any atom is -0.381 e. The Morgan fingerprint density at radius 1 is 1.26 bits per heavy atom. The second kappa shape index (κ2) is 6.27. The number of aryl methyl sites for hydroxylation is 1. The molecule has 3 nitrogen and oxygen atoms in total. The van der Waals surface area contributed by atoms with Crippen molar-refractivity contribution in [2.75, 3.05) is 19.8 Å². The molecule has 0 radical (unpaired) electrons. The minimum atomic E-state index is 0.118. The lowest BCUT2D eigenvalue weighted by molar-refractivity contribution is -0.127. The number of carbonyl (C=O) groups is 1. The highest BCUT2D eigenvalue weighted by atomic mass is 16.5. The molecule has 1 aromatic rings. The summed E-state index contributed by atoms with van der Waals surface area (Å²) in [5.41, 5.74) is 3.07. The number of ether oxygens (including phenoxy) is 1. The van der Waals surface area contributed by atoms with Gasteiger partial charge >= 0.3 is 0 Å². The van der Waals surface area contributed by atoms with Crippen LogP contribution < -0.4 is 5.32 Å². The van der Waals surface area contributed by atoms with Gasteiger partial charge < -0.3 is 10.1 Å². The van der Waals surface area contributed by atoms with Crippen LogP contribution in [-0.2, 0) is 16.0 Å². The number of benzene rings is 1. The number of nitrogens with one attached hydrogen (secondary N) is 1. The van der Waals surface area contributed by atoms with Crippen LogP contribution in [0, 0.1) is 23.7 Å². The van der Waals surface area contributed by atoms with Gasteiger partial charge in [-0.25, -0.2) is 0 Å². The summed E-state index contributed by atoms with van der Waals surface area (Å²) < 4.78 is 5.40. The highest BCUT2D eigenvalue weighted by Crippen LogP contribution is 2.59. The van der Waals surface area contributed by atoms with E-state index in [4.69, 9.17) is 4.74 Å². The van der Waals surface area contributed by atoms with E-state index in [0.717, 1.165) is 38.5 Å². The quantitative estimate of drug-likeness (QED) is 0.927. The van der Waals surface area contributed by atoms with Crippen molar-refractivity contribution in [1.82, 2.24) is 5.32 Å². The summed E-state index contributed by atoms with van der Waals surface area (Å²) in [6.45, 7) is 4.56. The van der Waals surface area contributed by atoms with Crippen molar-refractivity contribution in [1.29, 1.82) is 0 Å². The zero-order chi connectivity index (χ0) is 15.8. The van der Waals surface area contributed by atoms with Crippen LogP contribution in [0.4, 0.5) is 0 Å². The van der Waals surface area contributed by atoms with Gasteiger partial charge in [0.25, 0.3) is 0 Å². The molecule has 2 aliphatic carbocycles. The molecule has 1 saturated carbocycles. The van der Waals surface area contributed by atoms with Crippen molar-refractivity contribution in [3.05, 3.63) is 35.4 Å². The zero-order valence-corrected chi connectivity index (χ0v) is 14.0. The molecule has 4 atom stereocenters. The average Bonchev–Trinajstić information content (AvgIpc) is 3.33. The van der Waals surface area contributed by atoms with Gasteiger partial charge in [0.15, 0.2) is 0 Å². The summed E-state index contributed by atoms with van der Waals surface area (Å²) >= 11 is 0. The first kappa shape index (κ1) is 15.2. The van der Waals surface area contributed by atoms with Crippen molar-refractivity contribution >= 4 is 5.91 Å². The topological polar surface area (TPSA) is 38.3 Å². The zero-order valence-electron chi connectivity index (χ0n) is 14.0. The molecule has 1 saturated heterocycles. The monoisotopic (exact) mass is 313 g/mol. The molecule has 0 unspecified atom stereocenters. The summed E-state index contributed by atoms with van der Waals surface area (Å²) in [5.74, 6) is 3.00. The van der Waals surface area contributed by atoms with E-state index in [-0.39, 0.29) is 11.8 Å². The van der Waals surface area contributed by atoms with Crippen LogP contribution >= 0.6 is 0 Å². The van der Waals surface area contributed by atoms with Crippen molar-refractivity contribution in [2.45, 2.75) is 38.5 Å². The number of amides is 1. The molecule has 23 heavy (non-hydrogen) atoms. The normalized spacial score (nSPS) is 30.9. The van der Waals surface area contributed by atoms with Gasteiger partial charge in [-0.2, -0.15) is 0 Å². The van der Waals surface area contributed by atoms with E-state index in [1.54, 1.807) is 5.56 Å². The summed E-state index contributed by atoms with van der Waals surface area (Å²) in [4.78, 5) is 12.5. The van der Waals surface area contributed by atoms with Crippen LogP contribution in [0.2, 0.25) is 0 Å². The Balaban J connectivity index is 1.31. The molecular formula is C20H27NO2. The third-order valence-electron chi connectivity index (χ3n) is 6.39. The second-order valence-corrected chi connectivity index (χ2v) is 7.57. The molecule has 1 aromatic carbocycles. The molecular weight excluding hydrogens is 286 g/mol.